The Balaban J connectivity index is -0.000000295. The van der Waals surface area contributed by atoms with Crippen molar-refractivity contribution < 1.29 is 20.4 Å². The topological polar surface area (TPSA) is 0 Å². The molecule has 0 aromatic heterocycles. The van der Waals surface area contributed by atoms with Gasteiger partial charge in [-0.2, -0.15) is 0 Å². The fraction of sp³-hybridized carbons (Fsp3) is 1.00. The molecule has 3 heteroatoms. The van der Waals surface area contributed by atoms with E-state index in [0.29, 0.717) is 0 Å². The Labute approximate surface area is 153 Å². The summed E-state index contributed by atoms with van der Waals surface area (Å²) in [5.41, 5.74) is 0. The number of hydrogen-bond acceptors (Lipinski definition) is 0. The predicted molar refractivity (Wildman–Crippen MR) is 108 cm³/mol. The maximum Gasteiger partial charge on any atom is 0.0569 e. The van der Waals surface area contributed by atoms with Crippen LogP contribution in [0.2, 0.25) is 0 Å². The van der Waals surface area contributed by atoms with Gasteiger partial charge in [-0.15, -0.1) is 0 Å². The molecule has 0 rings (SSSR count). The van der Waals surface area contributed by atoms with Gasteiger partial charge in [-0.3, -0.25) is 0 Å². The molecular formula is C18H44P2Pd+2. The zero-order valence-corrected chi connectivity index (χ0v) is 19.4. The second-order valence-corrected chi connectivity index (χ2v) is 12.0. The first-order valence-electron chi connectivity index (χ1n) is 9.36. The van der Waals surface area contributed by atoms with Gasteiger partial charge in [0.15, 0.2) is 0 Å². The third kappa shape index (κ3) is 21.5. The molecule has 0 saturated carbocycles. The van der Waals surface area contributed by atoms with Gasteiger partial charge in [0.2, 0.25) is 0 Å². The summed E-state index contributed by atoms with van der Waals surface area (Å²) in [6.45, 7) is 13.9. The van der Waals surface area contributed by atoms with E-state index in [0.717, 1.165) is 0 Å². The van der Waals surface area contributed by atoms with Crippen LogP contribution in [0.25, 0.3) is 0 Å². The summed E-state index contributed by atoms with van der Waals surface area (Å²) in [7, 11) is 0.205. The van der Waals surface area contributed by atoms with Gasteiger partial charge in [-0.05, 0) is 38.5 Å². The van der Waals surface area contributed by atoms with E-state index < -0.39 is 0 Å². The molecule has 0 aliphatic heterocycles. The standard InChI is InChI=1S/2C9H21P.Pd/c2*1-4-7-10(8-5-2)9-6-3;/h2*4-9H2,1-3H3;/p+2. The van der Waals surface area contributed by atoms with Gasteiger partial charge >= 0.3 is 0 Å². The Bertz CT molecular complexity index is 119. The molecule has 0 aliphatic rings. The summed E-state index contributed by atoms with van der Waals surface area (Å²) in [5.74, 6) is 0. The SMILES string of the molecule is CCC[PH+](CCC)CCC.CCC[PH+](CCC)CCC.[Pd]. The van der Waals surface area contributed by atoms with Crippen molar-refractivity contribution in [3.63, 3.8) is 0 Å². The molecule has 0 nitrogen and oxygen atoms in total. The van der Waals surface area contributed by atoms with Gasteiger partial charge in [0.1, 0.15) is 0 Å². The molecule has 0 saturated heterocycles. The molecule has 0 aromatic rings. The minimum Gasteiger partial charge on any atom is -0.0619 e. The van der Waals surface area contributed by atoms with Gasteiger partial charge in [0.05, 0.1) is 37.0 Å². The Kier molecular flexibility index (Phi) is 31.0. The van der Waals surface area contributed by atoms with E-state index in [9.17, 15) is 0 Å². The molecule has 0 amide bonds. The van der Waals surface area contributed by atoms with E-state index in [4.69, 9.17) is 0 Å². The molecule has 0 atom stereocenters. The van der Waals surface area contributed by atoms with Gasteiger partial charge in [0.25, 0.3) is 0 Å². The summed E-state index contributed by atoms with van der Waals surface area (Å²) in [6, 6.07) is 0. The smallest absolute Gasteiger partial charge is 0.0569 e. The van der Waals surface area contributed by atoms with Crippen LogP contribution in [0, 0.1) is 0 Å². The number of hydrogen-bond donors (Lipinski definition) is 0. The van der Waals surface area contributed by atoms with Crippen LogP contribution in [0.4, 0.5) is 0 Å². The minimum absolute atomic E-state index is 0. The molecule has 0 unspecified atom stereocenters. The van der Waals surface area contributed by atoms with E-state index >= 15 is 0 Å². The van der Waals surface area contributed by atoms with Crippen molar-refractivity contribution >= 4 is 15.8 Å². The fourth-order valence-corrected chi connectivity index (χ4v) is 8.61. The minimum atomic E-state index is 0. The van der Waals surface area contributed by atoms with Gasteiger partial charge in [-0.25, -0.2) is 0 Å². The predicted octanol–water partition coefficient (Wildman–Crippen LogP) is 6.86. The molecule has 0 aliphatic carbocycles. The largest absolute Gasteiger partial charge is 0.0619 e. The molecule has 0 spiro atoms. The van der Waals surface area contributed by atoms with E-state index in [1.54, 1.807) is 37.0 Å². The Morgan fingerprint density at radius 2 is 0.524 bits per heavy atom. The van der Waals surface area contributed by atoms with Crippen molar-refractivity contribution in [1.82, 2.24) is 0 Å². The maximum atomic E-state index is 2.32. The molecule has 0 N–H and O–H groups in total. The summed E-state index contributed by atoms with van der Waals surface area (Å²) >= 11 is 0. The van der Waals surface area contributed by atoms with Crippen molar-refractivity contribution in [2.24, 2.45) is 0 Å². The fourth-order valence-electron chi connectivity index (χ4n) is 2.87. The summed E-state index contributed by atoms with van der Waals surface area (Å²) in [6.07, 6.45) is 17.8. The molecule has 134 valence electrons. The summed E-state index contributed by atoms with van der Waals surface area (Å²) < 4.78 is 0. The second-order valence-electron chi connectivity index (χ2n) is 6.00. The Hall–Kier alpha value is 1.52. The average molecular weight is 429 g/mol. The van der Waals surface area contributed by atoms with Crippen LogP contribution in [0.3, 0.4) is 0 Å². The Morgan fingerprint density at radius 3 is 0.619 bits per heavy atom. The first kappa shape index (κ1) is 27.4. The van der Waals surface area contributed by atoms with Crippen molar-refractivity contribution in [1.29, 1.82) is 0 Å². The molecule has 0 aromatic carbocycles. The van der Waals surface area contributed by atoms with Crippen LogP contribution in [-0.4, -0.2) is 37.0 Å². The van der Waals surface area contributed by atoms with Gasteiger partial charge in [0, 0.05) is 36.3 Å². The molecule has 0 heterocycles. The second kappa shape index (κ2) is 23.8. The summed E-state index contributed by atoms with van der Waals surface area (Å²) in [4.78, 5) is 0. The number of rotatable bonds is 12. The Morgan fingerprint density at radius 1 is 0.381 bits per heavy atom. The maximum absolute atomic E-state index is 2.32. The third-order valence-electron chi connectivity index (χ3n) is 3.62. The summed E-state index contributed by atoms with van der Waals surface area (Å²) in [5, 5.41) is 0. The van der Waals surface area contributed by atoms with Gasteiger partial charge in [-0.1, -0.05) is 41.5 Å². The monoisotopic (exact) mass is 428 g/mol. The molecule has 0 bridgehead atoms. The van der Waals surface area contributed by atoms with Crippen molar-refractivity contribution in [3.8, 4) is 0 Å². The zero-order valence-electron chi connectivity index (χ0n) is 15.8. The van der Waals surface area contributed by atoms with Crippen molar-refractivity contribution in [3.05, 3.63) is 0 Å². The van der Waals surface area contributed by atoms with E-state index in [-0.39, 0.29) is 36.3 Å². The van der Waals surface area contributed by atoms with E-state index in [1.807, 2.05) is 0 Å². The normalized spacial score (nSPS) is 10.3. The molecule has 21 heavy (non-hydrogen) atoms. The van der Waals surface area contributed by atoms with Crippen LogP contribution in [0.1, 0.15) is 80.1 Å². The molecular weight excluding hydrogens is 385 g/mol. The van der Waals surface area contributed by atoms with Crippen molar-refractivity contribution in [2.45, 2.75) is 80.1 Å². The molecule has 0 fully saturated rings. The van der Waals surface area contributed by atoms with Gasteiger partial charge < -0.3 is 0 Å². The van der Waals surface area contributed by atoms with Crippen LogP contribution in [0.5, 0.6) is 0 Å². The zero-order chi connectivity index (χ0) is 15.6. The first-order valence-corrected chi connectivity index (χ1v) is 13.6. The average Bonchev–Trinajstić information content (AvgIpc) is 2.41. The van der Waals surface area contributed by atoms with Crippen LogP contribution < -0.4 is 0 Å². The first-order chi connectivity index (χ1) is 9.69. The quantitative estimate of drug-likeness (QED) is 0.235. The van der Waals surface area contributed by atoms with Crippen LogP contribution in [-0.2, 0) is 20.4 Å². The van der Waals surface area contributed by atoms with Crippen molar-refractivity contribution in [2.75, 3.05) is 37.0 Å². The van der Waals surface area contributed by atoms with E-state index in [2.05, 4.69) is 41.5 Å². The van der Waals surface area contributed by atoms with E-state index in [1.165, 1.54) is 38.5 Å². The van der Waals surface area contributed by atoms with Crippen LogP contribution in [0.15, 0.2) is 0 Å². The molecule has 0 radical (unpaired) electrons. The third-order valence-corrected chi connectivity index (χ3v) is 10.9. The van der Waals surface area contributed by atoms with Crippen LogP contribution >= 0.6 is 15.8 Å².